The summed E-state index contributed by atoms with van der Waals surface area (Å²) < 4.78 is 18.3. The maximum Gasteiger partial charge on any atom is 0.159 e. The van der Waals surface area contributed by atoms with Crippen LogP contribution in [0.1, 0.15) is 0 Å². The first-order valence-electron chi connectivity index (χ1n) is 19.8. The molecular weight excluding hydrogens is 709 g/mol. The number of furan rings is 2. The van der Waals surface area contributed by atoms with E-state index in [9.17, 15) is 0 Å². The minimum absolute atomic E-state index is 0.868. The fourth-order valence-corrected chi connectivity index (χ4v) is 9.69. The maximum atomic E-state index is 6.74. The Balaban J connectivity index is 1.20. The second-order valence-electron chi connectivity index (χ2n) is 15.2. The first-order valence-corrected chi connectivity index (χ1v) is 19.8. The van der Waals surface area contributed by atoms with Gasteiger partial charge in [0.15, 0.2) is 5.58 Å². The molecule has 4 heteroatoms. The van der Waals surface area contributed by atoms with E-state index in [0.29, 0.717) is 0 Å². The van der Waals surface area contributed by atoms with E-state index >= 15 is 0 Å². The molecule has 0 radical (unpaired) electrons. The predicted octanol–water partition coefficient (Wildman–Crippen LogP) is 15.0. The smallest absolute Gasteiger partial charge is 0.159 e. The zero-order valence-corrected chi connectivity index (χ0v) is 31.2. The predicted molar refractivity (Wildman–Crippen MR) is 241 cm³/mol. The van der Waals surface area contributed by atoms with Gasteiger partial charge in [0.05, 0.1) is 27.8 Å². The van der Waals surface area contributed by atoms with Crippen molar-refractivity contribution in [2.75, 3.05) is 0 Å². The van der Waals surface area contributed by atoms with Crippen molar-refractivity contribution < 1.29 is 8.83 Å². The highest BCUT2D eigenvalue weighted by molar-refractivity contribution is 6.32. The van der Waals surface area contributed by atoms with E-state index < -0.39 is 0 Å². The van der Waals surface area contributed by atoms with Gasteiger partial charge in [0.25, 0.3) is 0 Å². The largest absolute Gasteiger partial charge is 0.455 e. The molecular formula is C54H32N2O2. The van der Waals surface area contributed by atoms with E-state index in [1.165, 1.54) is 32.7 Å². The number of para-hydroxylation sites is 5. The SMILES string of the molecule is c1ccc(-c2cccc(-n3c4ccccc4c4c5c6c(-c7cccc8c7oc7ccccc78)cccc6n(-c6cccc7c6oc6ccccc67)c5ccc43)c2)cc1. The molecule has 0 aliphatic heterocycles. The van der Waals surface area contributed by atoms with Crippen LogP contribution in [0, 0.1) is 0 Å². The molecule has 0 saturated carbocycles. The third-order valence-corrected chi connectivity index (χ3v) is 12.1. The molecule has 0 spiro atoms. The zero-order valence-electron chi connectivity index (χ0n) is 31.2. The average Bonchev–Trinajstić information content (AvgIpc) is 4.04. The first kappa shape index (κ1) is 31.4. The van der Waals surface area contributed by atoms with Gasteiger partial charge in [-0.05, 0) is 71.3 Å². The summed E-state index contributed by atoms with van der Waals surface area (Å²) >= 11 is 0. The Kier molecular flexibility index (Phi) is 6.41. The molecule has 4 nitrogen and oxygen atoms in total. The van der Waals surface area contributed by atoms with Crippen molar-refractivity contribution >= 4 is 87.5 Å². The highest BCUT2D eigenvalue weighted by atomic mass is 16.3. The van der Waals surface area contributed by atoms with Crippen molar-refractivity contribution in [3.05, 3.63) is 194 Å². The average molecular weight is 741 g/mol. The molecule has 13 aromatic rings. The lowest BCUT2D eigenvalue weighted by molar-refractivity contribution is 0.666. The fraction of sp³-hybridized carbons (Fsp3) is 0. The second-order valence-corrected chi connectivity index (χ2v) is 15.2. The molecule has 4 aromatic heterocycles. The molecule has 0 aliphatic carbocycles. The van der Waals surface area contributed by atoms with Crippen LogP contribution in [0.4, 0.5) is 0 Å². The zero-order chi connectivity index (χ0) is 37.9. The van der Waals surface area contributed by atoms with E-state index in [1.807, 2.05) is 12.1 Å². The van der Waals surface area contributed by atoms with Crippen LogP contribution in [0.15, 0.2) is 203 Å². The van der Waals surface area contributed by atoms with Crippen molar-refractivity contribution in [1.29, 1.82) is 0 Å². The molecule has 0 amide bonds. The molecule has 270 valence electrons. The Hall–Kier alpha value is -7.82. The molecule has 0 atom stereocenters. The molecule has 0 fully saturated rings. The summed E-state index contributed by atoms with van der Waals surface area (Å²) in [6.07, 6.45) is 0. The molecule has 13 rings (SSSR count). The fourth-order valence-electron chi connectivity index (χ4n) is 9.69. The van der Waals surface area contributed by atoms with Crippen molar-refractivity contribution in [2.24, 2.45) is 0 Å². The third kappa shape index (κ3) is 4.29. The summed E-state index contributed by atoms with van der Waals surface area (Å²) in [4.78, 5) is 0. The number of hydrogen-bond acceptors (Lipinski definition) is 2. The van der Waals surface area contributed by atoms with Gasteiger partial charge in [-0.15, -0.1) is 0 Å². The number of nitrogens with zero attached hydrogens (tertiary/aromatic N) is 2. The Morgan fingerprint density at radius 3 is 1.67 bits per heavy atom. The topological polar surface area (TPSA) is 36.1 Å². The van der Waals surface area contributed by atoms with Crippen LogP contribution in [0.5, 0.6) is 0 Å². The van der Waals surface area contributed by atoms with Crippen molar-refractivity contribution in [3.8, 4) is 33.6 Å². The summed E-state index contributed by atoms with van der Waals surface area (Å²) in [5, 5.41) is 9.22. The molecule has 0 N–H and O–H groups in total. The van der Waals surface area contributed by atoms with Gasteiger partial charge in [-0.25, -0.2) is 0 Å². The maximum absolute atomic E-state index is 6.74. The number of aromatic nitrogens is 2. The summed E-state index contributed by atoms with van der Waals surface area (Å²) in [5.74, 6) is 0. The first-order chi connectivity index (χ1) is 28.8. The van der Waals surface area contributed by atoms with Gasteiger partial charge >= 0.3 is 0 Å². The van der Waals surface area contributed by atoms with Gasteiger partial charge in [0, 0.05) is 54.3 Å². The van der Waals surface area contributed by atoms with Crippen molar-refractivity contribution in [3.63, 3.8) is 0 Å². The molecule has 4 heterocycles. The van der Waals surface area contributed by atoms with E-state index in [1.54, 1.807) is 0 Å². The highest BCUT2D eigenvalue weighted by Gasteiger charge is 2.25. The van der Waals surface area contributed by atoms with Crippen LogP contribution < -0.4 is 0 Å². The molecule has 0 bridgehead atoms. The summed E-state index contributed by atoms with van der Waals surface area (Å²) in [5.41, 5.74) is 14.7. The quantitative estimate of drug-likeness (QED) is 0.180. The lowest BCUT2D eigenvalue weighted by Gasteiger charge is -2.11. The van der Waals surface area contributed by atoms with Crippen LogP contribution in [-0.4, -0.2) is 9.13 Å². The van der Waals surface area contributed by atoms with Crippen LogP contribution in [0.2, 0.25) is 0 Å². The molecule has 0 saturated heterocycles. The number of fused-ring (bicyclic) bond motifs is 13. The normalized spacial score (nSPS) is 12.1. The third-order valence-electron chi connectivity index (χ3n) is 12.1. The minimum Gasteiger partial charge on any atom is -0.455 e. The van der Waals surface area contributed by atoms with Crippen molar-refractivity contribution in [1.82, 2.24) is 9.13 Å². The lowest BCUT2D eigenvalue weighted by Crippen LogP contribution is -1.95. The molecule has 9 aromatic carbocycles. The van der Waals surface area contributed by atoms with Gasteiger partial charge in [-0.3, -0.25) is 0 Å². The van der Waals surface area contributed by atoms with Crippen LogP contribution in [-0.2, 0) is 0 Å². The number of hydrogen-bond donors (Lipinski definition) is 0. The molecule has 0 unspecified atom stereocenters. The van der Waals surface area contributed by atoms with Crippen LogP contribution >= 0.6 is 0 Å². The summed E-state index contributed by atoms with van der Waals surface area (Å²) in [6.45, 7) is 0. The van der Waals surface area contributed by atoms with Gasteiger partial charge in [-0.2, -0.15) is 0 Å². The van der Waals surface area contributed by atoms with E-state index in [0.717, 1.165) is 88.4 Å². The Morgan fingerprint density at radius 2 is 0.862 bits per heavy atom. The summed E-state index contributed by atoms with van der Waals surface area (Å²) in [6, 6.07) is 69.4. The van der Waals surface area contributed by atoms with Crippen LogP contribution in [0.25, 0.3) is 121 Å². The van der Waals surface area contributed by atoms with E-state index in [-0.39, 0.29) is 0 Å². The Bertz CT molecular complexity index is 3800. The number of rotatable bonds is 4. The monoisotopic (exact) mass is 740 g/mol. The van der Waals surface area contributed by atoms with Gasteiger partial charge in [0.1, 0.15) is 16.7 Å². The lowest BCUT2D eigenvalue weighted by atomic mass is 9.96. The summed E-state index contributed by atoms with van der Waals surface area (Å²) in [7, 11) is 0. The van der Waals surface area contributed by atoms with E-state index in [2.05, 4.69) is 191 Å². The van der Waals surface area contributed by atoms with E-state index in [4.69, 9.17) is 8.83 Å². The van der Waals surface area contributed by atoms with Gasteiger partial charge in [-0.1, -0.05) is 140 Å². The molecule has 0 aliphatic rings. The Labute approximate surface area is 332 Å². The van der Waals surface area contributed by atoms with Gasteiger partial charge < -0.3 is 18.0 Å². The molecule has 58 heavy (non-hydrogen) atoms. The van der Waals surface area contributed by atoms with Crippen LogP contribution in [0.3, 0.4) is 0 Å². The standard InChI is InChI=1S/C54H32N2O2/c1-2-14-33(15-3-1)34-16-10-17-35(32-34)55-43-25-7-4-20-42(43)51-45(55)30-31-46-52(51)50-38(41-23-11-22-39-36-18-5-8-28-48(36)57-53(39)41)21-12-26-44(50)56(46)47-27-13-24-40-37-19-6-9-29-49(37)58-54(40)47/h1-32H. The minimum atomic E-state index is 0.868. The van der Waals surface area contributed by atoms with Crippen molar-refractivity contribution in [2.45, 2.75) is 0 Å². The number of benzene rings is 9. The van der Waals surface area contributed by atoms with Gasteiger partial charge in [0.2, 0.25) is 0 Å². The highest BCUT2D eigenvalue weighted by Crippen LogP contribution is 2.48. The Morgan fingerprint density at radius 1 is 0.310 bits per heavy atom. The second kappa shape index (κ2) is 11.8.